The van der Waals surface area contributed by atoms with Crippen LogP contribution in [-0.4, -0.2) is 37.2 Å². The van der Waals surface area contributed by atoms with Crippen LogP contribution in [0.25, 0.3) is 0 Å². The number of hydrogen-bond acceptors (Lipinski definition) is 6. The van der Waals surface area contributed by atoms with Crippen LogP contribution in [0.4, 0.5) is 0 Å². The molecule has 49 heavy (non-hydrogen) atoms. The first-order chi connectivity index (χ1) is 23.8. The molecule has 6 heteroatoms. The van der Waals surface area contributed by atoms with E-state index < -0.39 is 6.10 Å². The molecule has 2 atom stereocenters. The molecule has 0 saturated heterocycles. The Morgan fingerprint density at radius 3 is 1.16 bits per heavy atom. The normalized spacial score (nSPS) is 12.6. The number of rotatable bonds is 37. The number of esters is 3. The van der Waals surface area contributed by atoms with Gasteiger partial charge in [-0.05, 0) is 31.1 Å². The average molecular weight is 695 g/mol. The molecule has 0 aromatic heterocycles. The third-order valence-corrected chi connectivity index (χ3v) is 9.83. The molecule has 0 N–H and O–H groups in total. The number of carbonyl (C=O) groups is 3. The Kier molecular flexibility index (Phi) is 35.0. The van der Waals surface area contributed by atoms with Crippen LogP contribution in [0.2, 0.25) is 0 Å². The summed E-state index contributed by atoms with van der Waals surface area (Å²) in [6.07, 6.45) is 32.4. The fourth-order valence-corrected chi connectivity index (χ4v) is 6.19. The van der Waals surface area contributed by atoms with E-state index in [2.05, 4.69) is 34.6 Å². The Hall–Kier alpha value is -1.59. The topological polar surface area (TPSA) is 78.9 Å². The van der Waals surface area contributed by atoms with E-state index in [0.717, 1.165) is 69.6 Å². The van der Waals surface area contributed by atoms with Gasteiger partial charge in [0.2, 0.25) is 0 Å². The fourth-order valence-electron chi connectivity index (χ4n) is 6.19. The molecule has 0 aliphatic heterocycles. The summed E-state index contributed by atoms with van der Waals surface area (Å²) in [4.78, 5) is 37.4. The summed E-state index contributed by atoms with van der Waals surface area (Å²) in [6.45, 7) is 11.3. The summed E-state index contributed by atoms with van der Waals surface area (Å²) in [5.74, 6) is 0.777. The van der Waals surface area contributed by atoms with Gasteiger partial charge in [0, 0.05) is 19.3 Å². The molecule has 6 nitrogen and oxygen atoms in total. The van der Waals surface area contributed by atoms with Crippen molar-refractivity contribution in [1.29, 1.82) is 0 Å². The Labute approximate surface area is 304 Å². The highest BCUT2D eigenvalue weighted by atomic mass is 16.6. The van der Waals surface area contributed by atoms with Gasteiger partial charge in [0.1, 0.15) is 13.2 Å². The van der Waals surface area contributed by atoms with Gasteiger partial charge in [0.25, 0.3) is 0 Å². The molecular formula is C43H82O6. The standard InChI is InChI=1S/C43H82O6/c1-6-8-9-10-16-23-28-33-41(44)47-36-40(49-43(46)35-30-25-20-15-17-21-26-31-38(3)4)37-48-42(45)34-29-24-19-14-12-11-13-18-22-27-32-39(5)7-2/h38-40H,6-37H2,1-5H3/t39?,40-/m0/s1. The Morgan fingerprint density at radius 2 is 0.776 bits per heavy atom. The molecule has 0 fully saturated rings. The van der Waals surface area contributed by atoms with Crippen molar-refractivity contribution in [3.05, 3.63) is 0 Å². The monoisotopic (exact) mass is 695 g/mol. The molecular weight excluding hydrogens is 612 g/mol. The molecule has 0 rings (SSSR count). The molecule has 0 amide bonds. The molecule has 0 saturated carbocycles. The van der Waals surface area contributed by atoms with Crippen molar-refractivity contribution < 1.29 is 28.6 Å². The lowest BCUT2D eigenvalue weighted by Crippen LogP contribution is -2.30. The highest BCUT2D eigenvalue weighted by molar-refractivity contribution is 5.71. The van der Waals surface area contributed by atoms with Gasteiger partial charge in [0.15, 0.2) is 6.10 Å². The van der Waals surface area contributed by atoms with Gasteiger partial charge in [-0.15, -0.1) is 0 Å². The van der Waals surface area contributed by atoms with Gasteiger partial charge in [0.05, 0.1) is 0 Å². The second-order valence-corrected chi connectivity index (χ2v) is 15.3. The van der Waals surface area contributed by atoms with Crippen molar-refractivity contribution in [1.82, 2.24) is 0 Å². The smallest absolute Gasteiger partial charge is 0.306 e. The van der Waals surface area contributed by atoms with E-state index in [9.17, 15) is 14.4 Å². The molecule has 0 bridgehead atoms. The quantitative estimate of drug-likeness (QED) is 0.0366. The molecule has 0 aliphatic rings. The maximum Gasteiger partial charge on any atom is 0.306 e. The van der Waals surface area contributed by atoms with Crippen molar-refractivity contribution >= 4 is 17.9 Å². The third kappa shape index (κ3) is 36.0. The predicted molar refractivity (Wildman–Crippen MR) is 206 cm³/mol. The van der Waals surface area contributed by atoms with Crippen LogP contribution >= 0.6 is 0 Å². The van der Waals surface area contributed by atoms with E-state index in [4.69, 9.17) is 14.2 Å². The molecule has 0 aromatic carbocycles. The van der Waals surface area contributed by atoms with E-state index in [1.54, 1.807) is 0 Å². The second kappa shape index (κ2) is 36.2. The van der Waals surface area contributed by atoms with Crippen molar-refractivity contribution in [2.45, 2.75) is 233 Å². The van der Waals surface area contributed by atoms with Gasteiger partial charge in [-0.25, -0.2) is 0 Å². The van der Waals surface area contributed by atoms with Crippen LogP contribution < -0.4 is 0 Å². The molecule has 1 unspecified atom stereocenters. The maximum absolute atomic E-state index is 12.6. The zero-order chi connectivity index (χ0) is 36.2. The van der Waals surface area contributed by atoms with E-state index in [-0.39, 0.29) is 31.1 Å². The van der Waals surface area contributed by atoms with Gasteiger partial charge < -0.3 is 14.2 Å². The van der Waals surface area contributed by atoms with Gasteiger partial charge in [-0.2, -0.15) is 0 Å². The lowest BCUT2D eigenvalue weighted by Gasteiger charge is -2.18. The van der Waals surface area contributed by atoms with Crippen LogP contribution in [0.15, 0.2) is 0 Å². The van der Waals surface area contributed by atoms with Gasteiger partial charge >= 0.3 is 17.9 Å². The molecule has 0 radical (unpaired) electrons. The molecule has 0 spiro atoms. The molecule has 0 aromatic rings. The Balaban J connectivity index is 4.29. The van der Waals surface area contributed by atoms with Crippen molar-refractivity contribution in [2.24, 2.45) is 11.8 Å². The number of unbranched alkanes of at least 4 members (excludes halogenated alkanes) is 21. The maximum atomic E-state index is 12.6. The van der Waals surface area contributed by atoms with Crippen LogP contribution in [0.1, 0.15) is 227 Å². The van der Waals surface area contributed by atoms with E-state index in [1.165, 1.54) is 116 Å². The summed E-state index contributed by atoms with van der Waals surface area (Å²) >= 11 is 0. The summed E-state index contributed by atoms with van der Waals surface area (Å²) in [6, 6.07) is 0. The minimum Gasteiger partial charge on any atom is -0.462 e. The number of hydrogen-bond donors (Lipinski definition) is 0. The van der Waals surface area contributed by atoms with Crippen molar-refractivity contribution in [3.8, 4) is 0 Å². The van der Waals surface area contributed by atoms with Crippen molar-refractivity contribution in [3.63, 3.8) is 0 Å². The summed E-state index contributed by atoms with van der Waals surface area (Å²) in [5.41, 5.74) is 0. The highest BCUT2D eigenvalue weighted by Crippen LogP contribution is 2.17. The van der Waals surface area contributed by atoms with Crippen LogP contribution in [0.3, 0.4) is 0 Å². The second-order valence-electron chi connectivity index (χ2n) is 15.3. The minimum atomic E-state index is -0.759. The first-order valence-corrected chi connectivity index (χ1v) is 21.3. The predicted octanol–water partition coefficient (Wildman–Crippen LogP) is 13.0. The SMILES string of the molecule is CCCCCCCCCC(=O)OC[C@@H](COC(=O)CCCCCCCCCCCCC(C)CC)OC(=O)CCCCCCCCCC(C)C. The van der Waals surface area contributed by atoms with E-state index in [1.807, 2.05) is 0 Å². The highest BCUT2D eigenvalue weighted by Gasteiger charge is 2.19. The van der Waals surface area contributed by atoms with E-state index >= 15 is 0 Å². The number of ether oxygens (including phenoxy) is 3. The summed E-state index contributed by atoms with van der Waals surface area (Å²) in [5, 5.41) is 0. The fraction of sp³-hybridized carbons (Fsp3) is 0.930. The van der Waals surface area contributed by atoms with Gasteiger partial charge in [-0.1, -0.05) is 189 Å². The Morgan fingerprint density at radius 1 is 0.429 bits per heavy atom. The summed E-state index contributed by atoms with van der Waals surface area (Å²) < 4.78 is 16.6. The average Bonchev–Trinajstić information content (AvgIpc) is 3.08. The first kappa shape index (κ1) is 47.4. The lowest BCUT2D eigenvalue weighted by atomic mass is 9.99. The number of carbonyl (C=O) groups excluding carboxylic acids is 3. The zero-order valence-corrected chi connectivity index (χ0v) is 33.3. The lowest BCUT2D eigenvalue weighted by molar-refractivity contribution is -0.167. The van der Waals surface area contributed by atoms with Crippen LogP contribution in [-0.2, 0) is 28.6 Å². The first-order valence-electron chi connectivity index (χ1n) is 21.3. The molecule has 0 aliphatic carbocycles. The van der Waals surface area contributed by atoms with Crippen LogP contribution in [0.5, 0.6) is 0 Å². The van der Waals surface area contributed by atoms with Gasteiger partial charge in [-0.3, -0.25) is 14.4 Å². The zero-order valence-electron chi connectivity index (χ0n) is 33.3. The van der Waals surface area contributed by atoms with Crippen molar-refractivity contribution in [2.75, 3.05) is 13.2 Å². The third-order valence-electron chi connectivity index (χ3n) is 9.83. The summed E-state index contributed by atoms with van der Waals surface area (Å²) in [7, 11) is 0. The van der Waals surface area contributed by atoms with Crippen LogP contribution in [0, 0.1) is 11.8 Å². The molecule has 290 valence electrons. The minimum absolute atomic E-state index is 0.0665. The largest absolute Gasteiger partial charge is 0.462 e. The Bertz CT molecular complexity index is 751. The molecule has 0 heterocycles. The van der Waals surface area contributed by atoms with E-state index in [0.29, 0.717) is 19.3 Å².